The Morgan fingerprint density at radius 2 is 1.75 bits per heavy atom. The summed E-state index contributed by atoms with van der Waals surface area (Å²) < 4.78 is 33.7. The van der Waals surface area contributed by atoms with E-state index in [9.17, 15) is 13.2 Å². The van der Waals surface area contributed by atoms with Crippen LogP contribution in [0.3, 0.4) is 0 Å². The average Bonchev–Trinajstić information content (AvgIpc) is 2.80. The van der Waals surface area contributed by atoms with E-state index < -0.39 is 15.9 Å². The van der Waals surface area contributed by atoms with Gasteiger partial charge in [0.1, 0.15) is 10.6 Å². The lowest BCUT2D eigenvalue weighted by atomic mass is 9.98. The summed E-state index contributed by atoms with van der Waals surface area (Å²) in [6, 6.07) is 18.8. The molecule has 0 aliphatic rings. The molecule has 6 nitrogen and oxygen atoms in total. The highest BCUT2D eigenvalue weighted by molar-refractivity contribution is 7.92. The van der Waals surface area contributed by atoms with Gasteiger partial charge >= 0.3 is 0 Å². The molecule has 1 amide bonds. The molecule has 1 atom stereocenters. The first-order valence-corrected chi connectivity index (χ1v) is 12.0. The van der Waals surface area contributed by atoms with Gasteiger partial charge in [-0.05, 0) is 54.8 Å². The number of hydrogen-bond acceptors (Lipinski definition) is 4. The molecule has 0 saturated heterocycles. The predicted octanol–water partition coefficient (Wildman–Crippen LogP) is 5.45. The maximum Gasteiger partial charge on any atom is 0.265 e. The van der Waals surface area contributed by atoms with E-state index in [1.165, 1.54) is 24.8 Å². The molecule has 2 N–H and O–H groups in total. The molecule has 3 rings (SSSR count). The third-order valence-corrected chi connectivity index (χ3v) is 6.84. The molecule has 0 aliphatic carbocycles. The fourth-order valence-corrected chi connectivity index (χ4v) is 4.67. The molecular weight excluding hydrogens is 448 g/mol. The van der Waals surface area contributed by atoms with Gasteiger partial charge in [0.25, 0.3) is 10.0 Å². The molecular formula is C24H25ClN2O4S. The summed E-state index contributed by atoms with van der Waals surface area (Å²) >= 11 is 6.09. The van der Waals surface area contributed by atoms with Crippen molar-refractivity contribution in [2.75, 3.05) is 17.1 Å². The van der Waals surface area contributed by atoms with Crippen LogP contribution in [0, 0.1) is 0 Å². The number of nitrogens with one attached hydrogen (secondary N) is 2. The van der Waals surface area contributed by atoms with E-state index >= 15 is 0 Å². The molecule has 0 saturated carbocycles. The van der Waals surface area contributed by atoms with Gasteiger partial charge in [-0.3, -0.25) is 9.52 Å². The first-order valence-electron chi connectivity index (χ1n) is 10.1. The van der Waals surface area contributed by atoms with Gasteiger partial charge in [0.15, 0.2) is 0 Å². The number of hydrogen-bond donors (Lipinski definition) is 2. The lowest BCUT2D eigenvalue weighted by Crippen LogP contribution is -2.20. The minimum absolute atomic E-state index is 0.113. The Labute approximate surface area is 193 Å². The van der Waals surface area contributed by atoms with Gasteiger partial charge in [-0.1, -0.05) is 54.9 Å². The van der Waals surface area contributed by atoms with Crippen LogP contribution in [0.15, 0.2) is 71.6 Å². The predicted molar refractivity (Wildman–Crippen MR) is 128 cm³/mol. The largest absolute Gasteiger partial charge is 0.495 e. The van der Waals surface area contributed by atoms with Crippen molar-refractivity contribution >= 4 is 38.9 Å². The summed E-state index contributed by atoms with van der Waals surface area (Å²) in [6.07, 6.45) is 0.923. The molecule has 0 aliphatic heterocycles. The number of benzene rings is 3. The van der Waals surface area contributed by atoms with Crippen LogP contribution in [-0.4, -0.2) is 21.4 Å². The first-order chi connectivity index (χ1) is 15.2. The van der Waals surface area contributed by atoms with Gasteiger partial charge in [0.2, 0.25) is 5.91 Å². The van der Waals surface area contributed by atoms with E-state index in [1.54, 1.807) is 37.3 Å². The van der Waals surface area contributed by atoms with Crippen molar-refractivity contribution in [2.45, 2.75) is 31.1 Å². The van der Waals surface area contributed by atoms with Crippen LogP contribution in [-0.2, 0) is 21.2 Å². The molecule has 0 heterocycles. The van der Waals surface area contributed by atoms with E-state index in [-0.39, 0.29) is 27.3 Å². The standard InChI is InChI=1S/C24H25ClN2O4S/c1-4-17-9-11-18(12-10-17)16(2)24(28)26-19-13-14-22(31-3)23(15-19)32(29,30)27-21-8-6-5-7-20(21)25/h5-16,27H,4H2,1-3H3,(H,26,28). The lowest BCUT2D eigenvalue weighted by Gasteiger charge is -2.16. The second-order valence-electron chi connectivity index (χ2n) is 7.26. The van der Waals surface area contributed by atoms with E-state index in [0.717, 1.165) is 12.0 Å². The number of methoxy groups -OCH3 is 1. The quantitative estimate of drug-likeness (QED) is 0.456. The van der Waals surface area contributed by atoms with Gasteiger partial charge in [-0.25, -0.2) is 8.42 Å². The molecule has 0 radical (unpaired) electrons. The minimum atomic E-state index is -4.03. The molecule has 0 aromatic heterocycles. The molecule has 3 aromatic carbocycles. The molecule has 0 spiro atoms. The number of sulfonamides is 1. The van der Waals surface area contributed by atoms with Crippen molar-refractivity contribution in [3.05, 3.63) is 82.9 Å². The number of carbonyl (C=O) groups is 1. The normalized spacial score (nSPS) is 12.1. The lowest BCUT2D eigenvalue weighted by molar-refractivity contribution is -0.117. The van der Waals surface area contributed by atoms with E-state index in [1.807, 2.05) is 24.3 Å². The van der Waals surface area contributed by atoms with Crippen molar-refractivity contribution in [1.29, 1.82) is 0 Å². The number of ether oxygens (including phenoxy) is 1. The Kier molecular flexibility index (Phi) is 7.43. The Bertz CT molecular complexity index is 1210. The van der Waals surface area contributed by atoms with Gasteiger partial charge in [-0.2, -0.15) is 0 Å². The van der Waals surface area contributed by atoms with Gasteiger partial charge in [0, 0.05) is 5.69 Å². The maximum atomic E-state index is 13.0. The highest BCUT2D eigenvalue weighted by atomic mass is 35.5. The highest BCUT2D eigenvalue weighted by Gasteiger charge is 2.23. The molecule has 0 bridgehead atoms. The monoisotopic (exact) mass is 472 g/mol. The Morgan fingerprint density at radius 1 is 1.06 bits per heavy atom. The molecule has 32 heavy (non-hydrogen) atoms. The molecule has 8 heteroatoms. The zero-order valence-corrected chi connectivity index (χ0v) is 19.6. The summed E-state index contributed by atoms with van der Waals surface area (Å²) in [5, 5.41) is 3.06. The molecule has 3 aromatic rings. The second-order valence-corrected chi connectivity index (χ2v) is 9.32. The summed E-state index contributed by atoms with van der Waals surface area (Å²) in [6.45, 7) is 3.87. The van der Waals surface area contributed by atoms with E-state index in [2.05, 4.69) is 17.0 Å². The number of carbonyl (C=O) groups excluding carboxylic acids is 1. The van der Waals surface area contributed by atoms with Crippen molar-refractivity contribution < 1.29 is 17.9 Å². The third-order valence-electron chi connectivity index (χ3n) is 5.12. The summed E-state index contributed by atoms with van der Waals surface area (Å²) in [5.41, 5.74) is 2.65. The number of anilines is 2. The average molecular weight is 473 g/mol. The topological polar surface area (TPSA) is 84.5 Å². The Morgan fingerprint density at radius 3 is 2.38 bits per heavy atom. The fraction of sp³-hybridized carbons (Fsp3) is 0.208. The van der Waals surface area contributed by atoms with Crippen LogP contribution < -0.4 is 14.8 Å². The third kappa shape index (κ3) is 5.41. The zero-order chi connectivity index (χ0) is 23.3. The van der Waals surface area contributed by atoms with Gasteiger partial charge < -0.3 is 10.1 Å². The van der Waals surface area contributed by atoms with Crippen LogP contribution >= 0.6 is 11.6 Å². The van der Waals surface area contributed by atoms with Crippen molar-refractivity contribution in [3.8, 4) is 5.75 Å². The fourth-order valence-electron chi connectivity index (χ4n) is 3.15. The molecule has 0 fully saturated rings. The number of amides is 1. The summed E-state index contributed by atoms with van der Waals surface area (Å²) in [5.74, 6) is -0.517. The van der Waals surface area contributed by atoms with Crippen LogP contribution in [0.1, 0.15) is 30.9 Å². The SMILES string of the molecule is CCc1ccc(C(C)C(=O)Nc2ccc(OC)c(S(=O)(=O)Nc3ccccc3Cl)c2)cc1. The van der Waals surface area contributed by atoms with E-state index in [4.69, 9.17) is 16.3 Å². The van der Waals surface area contributed by atoms with Crippen LogP contribution in [0.4, 0.5) is 11.4 Å². The zero-order valence-electron chi connectivity index (χ0n) is 18.1. The summed E-state index contributed by atoms with van der Waals surface area (Å²) in [7, 11) is -2.65. The summed E-state index contributed by atoms with van der Waals surface area (Å²) in [4.78, 5) is 12.7. The number of rotatable bonds is 8. The smallest absolute Gasteiger partial charge is 0.265 e. The molecule has 168 valence electrons. The van der Waals surface area contributed by atoms with Crippen LogP contribution in [0.25, 0.3) is 0 Å². The Hall–Kier alpha value is -3.03. The Balaban J connectivity index is 1.85. The van der Waals surface area contributed by atoms with Crippen molar-refractivity contribution in [3.63, 3.8) is 0 Å². The van der Waals surface area contributed by atoms with Crippen LogP contribution in [0.2, 0.25) is 5.02 Å². The van der Waals surface area contributed by atoms with E-state index in [0.29, 0.717) is 5.69 Å². The second kappa shape index (κ2) is 10.1. The van der Waals surface area contributed by atoms with Crippen molar-refractivity contribution in [2.24, 2.45) is 0 Å². The number of aryl methyl sites for hydroxylation is 1. The number of para-hydroxylation sites is 1. The number of halogens is 1. The highest BCUT2D eigenvalue weighted by Crippen LogP contribution is 2.31. The maximum absolute atomic E-state index is 13.0. The van der Waals surface area contributed by atoms with Crippen LogP contribution in [0.5, 0.6) is 5.75 Å². The van der Waals surface area contributed by atoms with Gasteiger partial charge in [0.05, 0.1) is 23.7 Å². The van der Waals surface area contributed by atoms with Gasteiger partial charge in [-0.15, -0.1) is 0 Å². The van der Waals surface area contributed by atoms with Crippen molar-refractivity contribution in [1.82, 2.24) is 0 Å². The first kappa shape index (κ1) is 23.6. The minimum Gasteiger partial charge on any atom is -0.495 e. The molecule has 1 unspecified atom stereocenters.